The molecule has 0 spiro atoms. The number of halogens is 1. The van der Waals surface area contributed by atoms with Crippen molar-refractivity contribution in [2.75, 3.05) is 19.6 Å². The van der Waals surface area contributed by atoms with Crippen LogP contribution in [0.2, 0.25) is 0 Å². The van der Waals surface area contributed by atoms with Gasteiger partial charge in [0.2, 0.25) is 0 Å². The Morgan fingerprint density at radius 2 is 2.20 bits per heavy atom. The number of nitrogens with zero attached hydrogens (tertiary/aromatic N) is 2. The van der Waals surface area contributed by atoms with Crippen molar-refractivity contribution in [3.05, 3.63) is 33.7 Å². The van der Waals surface area contributed by atoms with Crippen molar-refractivity contribution in [2.24, 2.45) is 0 Å². The van der Waals surface area contributed by atoms with Crippen LogP contribution in [0.5, 0.6) is 0 Å². The lowest BCUT2D eigenvalue weighted by Gasteiger charge is -2.05. The number of amides is 1. The fraction of sp³-hybridized carbons (Fsp3) is 0.417. The lowest BCUT2D eigenvalue weighted by molar-refractivity contribution is 0.0952. The molecule has 0 atom stereocenters. The third-order valence-corrected chi connectivity index (χ3v) is 3.37. The van der Waals surface area contributed by atoms with E-state index in [-0.39, 0.29) is 29.4 Å². The number of hydrogen-bond acceptors (Lipinski definition) is 5. The van der Waals surface area contributed by atoms with Crippen molar-refractivity contribution >= 4 is 34.6 Å². The number of fused-ring (bicyclic) bond motifs is 1. The van der Waals surface area contributed by atoms with Crippen molar-refractivity contribution in [3.8, 4) is 0 Å². The summed E-state index contributed by atoms with van der Waals surface area (Å²) in [5, 5.41) is 7.64. The predicted octanol–water partition coefficient (Wildman–Crippen LogP) is 0.907. The second-order valence-corrected chi connectivity index (χ2v) is 4.91. The Labute approximate surface area is 126 Å². The van der Waals surface area contributed by atoms with Gasteiger partial charge < -0.3 is 10.6 Å². The first-order valence-corrected chi connectivity index (χ1v) is 7.05. The van der Waals surface area contributed by atoms with Crippen LogP contribution in [0.15, 0.2) is 22.6 Å². The lowest BCUT2D eigenvalue weighted by Crippen LogP contribution is -2.35. The molecule has 0 radical (unpaired) electrons. The molecule has 0 saturated carbocycles. The van der Waals surface area contributed by atoms with Gasteiger partial charge in [0, 0.05) is 30.9 Å². The highest BCUT2D eigenvalue weighted by Crippen LogP contribution is 2.05. The zero-order valence-corrected chi connectivity index (χ0v) is 12.7. The normalized spacial score (nSPS) is 10.2. The zero-order chi connectivity index (χ0) is 13.7. The molecule has 0 aliphatic heterocycles. The largest absolute Gasteiger partial charge is 0.351 e. The summed E-state index contributed by atoms with van der Waals surface area (Å²) >= 11 is 1.36. The predicted molar refractivity (Wildman–Crippen MR) is 82.1 cm³/mol. The summed E-state index contributed by atoms with van der Waals surface area (Å²) in [7, 11) is 0. The van der Waals surface area contributed by atoms with Crippen molar-refractivity contribution in [1.82, 2.24) is 20.0 Å². The molecule has 20 heavy (non-hydrogen) atoms. The van der Waals surface area contributed by atoms with E-state index in [1.165, 1.54) is 21.9 Å². The first-order valence-electron chi connectivity index (χ1n) is 6.18. The van der Waals surface area contributed by atoms with Crippen LogP contribution in [0.25, 0.3) is 4.96 Å². The van der Waals surface area contributed by atoms with Crippen LogP contribution < -0.4 is 16.2 Å². The SMILES string of the molecule is CCCNCCNC(=O)c1cnc2sccn2c1=O.Cl. The van der Waals surface area contributed by atoms with E-state index in [0.717, 1.165) is 13.0 Å². The van der Waals surface area contributed by atoms with Crippen molar-refractivity contribution < 1.29 is 4.79 Å². The summed E-state index contributed by atoms with van der Waals surface area (Å²) in [5.41, 5.74) is -0.253. The third-order valence-electron chi connectivity index (χ3n) is 2.60. The highest BCUT2D eigenvalue weighted by Gasteiger charge is 2.12. The average Bonchev–Trinajstić information content (AvgIpc) is 2.88. The van der Waals surface area contributed by atoms with Crippen LogP contribution >= 0.6 is 23.7 Å². The minimum Gasteiger partial charge on any atom is -0.351 e. The third kappa shape index (κ3) is 3.78. The molecule has 2 rings (SSSR count). The number of carbonyl (C=O) groups excluding carboxylic acids is 1. The minimum atomic E-state index is -0.378. The van der Waals surface area contributed by atoms with E-state index < -0.39 is 0 Å². The van der Waals surface area contributed by atoms with Gasteiger partial charge in [-0.25, -0.2) is 4.98 Å². The first kappa shape index (κ1) is 16.6. The van der Waals surface area contributed by atoms with E-state index in [9.17, 15) is 9.59 Å². The smallest absolute Gasteiger partial charge is 0.271 e. The summed E-state index contributed by atoms with van der Waals surface area (Å²) in [5.74, 6) is -0.378. The molecule has 2 N–H and O–H groups in total. The standard InChI is InChI=1S/C12H16N4O2S.ClH/c1-2-3-13-4-5-14-10(17)9-8-15-12-16(11(9)18)6-7-19-12;/h6-8,13H,2-5H2,1H3,(H,14,17);1H. The summed E-state index contributed by atoms with van der Waals surface area (Å²) < 4.78 is 1.38. The highest BCUT2D eigenvalue weighted by atomic mass is 35.5. The van der Waals surface area contributed by atoms with Gasteiger partial charge in [-0.15, -0.1) is 23.7 Å². The highest BCUT2D eigenvalue weighted by molar-refractivity contribution is 7.15. The molecule has 0 aliphatic rings. The molecule has 0 aromatic carbocycles. The first-order chi connectivity index (χ1) is 9.24. The second-order valence-electron chi connectivity index (χ2n) is 4.04. The van der Waals surface area contributed by atoms with Gasteiger partial charge in [-0.05, 0) is 13.0 Å². The molecule has 0 unspecified atom stereocenters. The molecule has 6 nitrogen and oxygen atoms in total. The molecule has 0 saturated heterocycles. The molecular formula is C12H17ClN4O2S. The number of thiazole rings is 1. The molecule has 0 bridgehead atoms. The van der Waals surface area contributed by atoms with E-state index >= 15 is 0 Å². The number of carbonyl (C=O) groups is 1. The van der Waals surface area contributed by atoms with E-state index in [1.807, 2.05) is 0 Å². The molecule has 2 aromatic heterocycles. The molecule has 8 heteroatoms. The molecule has 0 aliphatic carbocycles. The van der Waals surface area contributed by atoms with Crippen LogP contribution in [0.3, 0.4) is 0 Å². The van der Waals surface area contributed by atoms with Gasteiger partial charge in [-0.2, -0.15) is 0 Å². The molecule has 2 heterocycles. The average molecular weight is 317 g/mol. The van der Waals surface area contributed by atoms with E-state index in [0.29, 0.717) is 18.1 Å². The van der Waals surface area contributed by atoms with E-state index in [1.54, 1.807) is 11.6 Å². The van der Waals surface area contributed by atoms with Crippen molar-refractivity contribution in [1.29, 1.82) is 0 Å². The van der Waals surface area contributed by atoms with Gasteiger partial charge in [0.05, 0.1) is 0 Å². The Balaban J connectivity index is 0.00000200. The van der Waals surface area contributed by atoms with Crippen LogP contribution in [-0.2, 0) is 0 Å². The Bertz CT molecular complexity index is 625. The topological polar surface area (TPSA) is 75.5 Å². The van der Waals surface area contributed by atoms with Gasteiger partial charge in [-0.3, -0.25) is 14.0 Å². The Kier molecular flexibility index (Phi) is 6.63. The maximum absolute atomic E-state index is 12.0. The number of hydrogen-bond donors (Lipinski definition) is 2. The maximum atomic E-state index is 12.0. The van der Waals surface area contributed by atoms with Crippen LogP contribution in [0.1, 0.15) is 23.7 Å². The number of aromatic nitrogens is 2. The van der Waals surface area contributed by atoms with Gasteiger partial charge >= 0.3 is 0 Å². The van der Waals surface area contributed by atoms with Crippen LogP contribution in [0, 0.1) is 0 Å². The second kappa shape index (κ2) is 7.98. The fourth-order valence-electron chi connectivity index (χ4n) is 1.64. The van der Waals surface area contributed by atoms with Gasteiger partial charge in [0.15, 0.2) is 4.96 Å². The fourth-order valence-corrected chi connectivity index (χ4v) is 2.32. The Hall–Kier alpha value is -1.44. The maximum Gasteiger partial charge on any atom is 0.271 e. The minimum absolute atomic E-state index is 0. The van der Waals surface area contributed by atoms with Crippen LogP contribution in [-0.4, -0.2) is 34.9 Å². The molecule has 0 fully saturated rings. The van der Waals surface area contributed by atoms with E-state index in [4.69, 9.17) is 0 Å². The number of rotatable bonds is 6. The Morgan fingerprint density at radius 3 is 2.95 bits per heavy atom. The zero-order valence-electron chi connectivity index (χ0n) is 11.1. The Morgan fingerprint density at radius 1 is 1.40 bits per heavy atom. The summed E-state index contributed by atoms with van der Waals surface area (Å²) in [6.45, 7) is 4.18. The molecule has 1 amide bonds. The summed E-state index contributed by atoms with van der Waals surface area (Å²) in [6.07, 6.45) is 4.01. The quantitative estimate of drug-likeness (QED) is 0.777. The van der Waals surface area contributed by atoms with Gasteiger partial charge in [0.25, 0.3) is 11.5 Å². The monoisotopic (exact) mass is 316 g/mol. The van der Waals surface area contributed by atoms with E-state index in [2.05, 4.69) is 22.5 Å². The molecule has 110 valence electrons. The molecular weight excluding hydrogens is 300 g/mol. The van der Waals surface area contributed by atoms with Gasteiger partial charge in [0.1, 0.15) is 5.56 Å². The van der Waals surface area contributed by atoms with Crippen molar-refractivity contribution in [2.45, 2.75) is 13.3 Å². The molecule has 2 aromatic rings. The van der Waals surface area contributed by atoms with Crippen molar-refractivity contribution in [3.63, 3.8) is 0 Å². The summed E-state index contributed by atoms with van der Waals surface area (Å²) in [4.78, 5) is 28.6. The lowest BCUT2D eigenvalue weighted by atomic mass is 10.3. The van der Waals surface area contributed by atoms with Gasteiger partial charge in [-0.1, -0.05) is 6.92 Å². The number of nitrogens with one attached hydrogen (secondary N) is 2. The van der Waals surface area contributed by atoms with Crippen LogP contribution in [0.4, 0.5) is 0 Å². The summed E-state index contributed by atoms with van der Waals surface area (Å²) in [6, 6.07) is 0.